The number of aliphatic hydroxyl groups excluding tert-OH is 1. The van der Waals surface area contributed by atoms with Gasteiger partial charge in [-0.2, -0.15) is 17.7 Å². The first-order chi connectivity index (χ1) is 13.9. The lowest BCUT2D eigenvalue weighted by atomic mass is 10.0. The number of aromatic nitrogens is 4. The summed E-state index contributed by atoms with van der Waals surface area (Å²) in [6, 6.07) is 11.0. The molecule has 0 amide bonds. The summed E-state index contributed by atoms with van der Waals surface area (Å²) in [6.07, 6.45) is -3.31. The number of benzene rings is 1. The smallest absolute Gasteiger partial charge is 0.393 e. The Balaban J connectivity index is 1.48. The van der Waals surface area contributed by atoms with Gasteiger partial charge in [0, 0.05) is 26.2 Å². The predicted molar refractivity (Wildman–Crippen MR) is 100 cm³/mol. The molecule has 0 bridgehead atoms. The molecular formula is C19H21F3N6O. The Bertz CT molecular complexity index is 981. The van der Waals surface area contributed by atoms with E-state index in [1.807, 2.05) is 24.3 Å². The molecular weight excluding hydrogens is 385 g/mol. The highest BCUT2D eigenvalue weighted by atomic mass is 19.4. The molecule has 0 aliphatic carbocycles. The average Bonchev–Trinajstić information content (AvgIpc) is 3.13. The van der Waals surface area contributed by atoms with Crippen LogP contribution in [0.1, 0.15) is 29.8 Å². The van der Waals surface area contributed by atoms with Gasteiger partial charge in [0.15, 0.2) is 5.65 Å². The van der Waals surface area contributed by atoms with Crippen LogP contribution in [0, 0.1) is 0 Å². The van der Waals surface area contributed by atoms with E-state index in [1.54, 1.807) is 6.07 Å². The maximum Gasteiger partial charge on any atom is 0.453 e. The zero-order valence-electron chi connectivity index (χ0n) is 15.6. The first-order valence-corrected chi connectivity index (χ1v) is 9.41. The molecule has 2 aromatic heterocycles. The van der Waals surface area contributed by atoms with Crippen LogP contribution in [-0.2, 0) is 19.3 Å². The van der Waals surface area contributed by atoms with Crippen LogP contribution in [0.15, 0.2) is 36.4 Å². The molecule has 29 heavy (non-hydrogen) atoms. The number of halogens is 3. The Morgan fingerprint density at radius 2 is 1.76 bits per heavy atom. The van der Waals surface area contributed by atoms with Gasteiger partial charge in [-0.25, -0.2) is 0 Å². The number of nitrogens with one attached hydrogen (secondary N) is 1. The highest BCUT2D eigenvalue weighted by Gasteiger charge is 2.37. The third-order valence-corrected chi connectivity index (χ3v) is 5.05. The second-order valence-electron chi connectivity index (χ2n) is 7.14. The number of rotatable bonds is 5. The summed E-state index contributed by atoms with van der Waals surface area (Å²) in [7, 11) is 0. The van der Waals surface area contributed by atoms with Crippen molar-refractivity contribution >= 4 is 11.5 Å². The topological polar surface area (TPSA) is 78.6 Å². The molecule has 154 valence electrons. The van der Waals surface area contributed by atoms with E-state index in [9.17, 15) is 18.3 Å². The van der Waals surface area contributed by atoms with E-state index in [0.29, 0.717) is 16.9 Å². The summed E-state index contributed by atoms with van der Waals surface area (Å²) in [4.78, 5) is 2.29. The largest absolute Gasteiger partial charge is 0.453 e. The van der Waals surface area contributed by atoms with E-state index in [0.717, 1.165) is 43.6 Å². The zero-order chi connectivity index (χ0) is 20.4. The minimum absolute atomic E-state index is 0.0376. The van der Waals surface area contributed by atoms with Gasteiger partial charge in [-0.1, -0.05) is 24.3 Å². The number of hydrogen-bond acceptors (Lipinski definition) is 6. The summed E-state index contributed by atoms with van der Waals surface area (Å²) in [6.45, 7) is 2.87. The number of likely N-dealkylation sites (tertiary alicyclic amines) is 1. The van der Waals surface area contributed by atoms with Gasteiger partial charge in [-0.3, -0.25) is 4.90 Å². The summed E-state index contributed by atoms with van der Waals surface area (Å²) < 4.78 is 39.8. The number of anilines is 1. The third-order valence-electron chi connectivity index (χ3n) is 5.05. The maximum absolute atomic E-state index is 13.0. The Labute approximate surface area is 165 Å². The van der Waals surface area contributed by atoms with Crippen molar-refractivity contribution in [3.05, 3.63) is 53.3 Å². The number of nitrogens with zero attached hydrogens (tertiary/aromatic N) is 5. The molecule has 2 N–H and O–H groups in total. The van der Waals surface area contributed by atoms with Crippen molar-refractivity contribution < 1.29 is 18.3 Å². The average molecular weight is 406 g/mol. The molecule has 0 spiro atoms. The van der Waals surface area contributed by atoms with Gasteiger partial charge in [-0.15, -0.1) is 15.3 Å². The van der Waals surface area contributed by atoms with Crippen molar-refractivity contribution in [1.82, 2.24) is 24.7 Å². The van der Waals surface area contributed by atoms with Gasteiger partial charge in [0.2, 0.25) is 0 Å². The summed E-state index contributed by atoms with van der Waals surface area (Å²) >= 11 is 0. The van der Waals surface area contributed by atoms with Crippen LogP contribution in [-0.4, -0.2) is 49.0 Å². The van der Waals surface area contributed by atoms with Gasteiger partial charge in [0.1, 0.15) is 5.82 Å². The maximum atomic E-state index is 13.0. The Morgan fingerprint density at radius 3 is 2.48 bits per heavy atom. The molecule has 1 aromatic carbocycles. The summed E-state index contributed by atoms with van der Waals surface area (Å²) in [5.41, 5.74) is 2.22. The SMILES string of the molecule is OC1CCN(Cc2ccccc2CNc2ccc3nnc(C(F)(F)F)n3n2)CC1. The highest BCUT2D eigenvalue weighted by molar-refractivity contribution is 5.45. The number of hydrogen-bond donors (Lipinski definition) is 2. The summed E-state index contributed by atoms with van der Waals surface area (Å²) in [5, 5.41) is 23.4. The van der Waals surface area contributed by atoms with Crippen molar-refractivity contribution in [2.75, 3.05) is 18.4 Å². The van der Waals surface area contributed by atoms with Crippen LogP contribution in [0.5, 0.6) is 0 Å². The lowest BCUT2D eigenvalue weighted by molar-refractivity contribution is -0.146. The molecule has 7 nitrogen and oxygen atoms in total. The van der Waals surface area contributed by atoms with E-state index >= 15 is 0 Å². The normalized spacial score (nSPS) is 16.4. The number of piperidine rings is 1. The molecule has 1 aliphatic rings. The van der Waals surface area contributed by atoms with Gasteiger partial charge >= 0.3 is 6.18 Å². The fourth-order valence-electron chi connectivity index (χ4n) is 3.45. The molecule has 1 aliphatic heterocycles. The lowest BCUT2D eigenvalue weighted by Gasteiger charge is -2.30. The third kappa shape index (κ3) is 4.48. The molecule has 1 fully saturated rings. The standard InChI is InChI=1S/C19H21F3N6O/c20-19(21,22)18-25-24-17-6-5-16(26-28(17)18)23-11-13-3-1-2-4-14(13)12-27-9-7-15(29)8-10-27/h1-6,15,29H,7-12H2,(H,23,26). The van der Waals surface area contributed by atoms with Gasteiger partial charge in [-0.05, 0) is 36.1 Å². The molecule has 0 radical (unpaired) electrons. The Hall–Kier alpha value is -2.72. The first kappa shape index (κ1) is 19.6. The van der Waals surface area contributed by atoms with Crippen molar-refractivity contribution in [1.29, 1.82) is 0 Å². The molecule has 0 atom stereocenters. The van der Waals surface area contributed by atoms with Crippen LogP contribution in [0.3, 0.4) is 0 Å². The number of aliphatic hydroxyl groups is 1. The highest BCUT2D eigenvalue weighted by Crippen LogP contribution is 2.27. The fourth-order valence-corrected chi connectivity index (χ4v) is 3.45. The van der Waals surface area contributed by atoms with Crippen LogP contribution < -0.4 is 5.32 Å². The zero-order valence-corrected chi connectivity index (χ0v) is 15.6. The number of fused-ring (bicyclic) bond motifs is 1. The van der Waals surface area contributed by atoms with Gasteiger partial charge in [0.05, 0.1) is 6.10 Å². The fraction of sp³-hybridized carbons (Fsp3) is 0.421. The minimum atomic E-state index is -4.63. The van der Waals surface area contributed by atoms with Gasteiger partial charge in [0.25, 0.3) is 5.82 Å². The number of alkyl halides is 3. The Kier molecular flexibility index (Phi) is 5.37. The second-order valence-corrected chi connectivity index (χ2v) is 7.14. The van der Waals surface area contributed by atoms with E-state index in [1.165, 1.54) is 6.07 Å². The van der Waals surface area contributed by atoms with Crippen LogP contribution in [0.2, 0.25) is 0 Å². The Morgan fingerprint density at radius 1 is 1.03 bits per heavy atom. The van der Waals surface area contributed by atoms with Crippen LogP contribution in [0.4, 0.5) is 19.0 Å². The van der Waals surface area contributed by atoms with E-state index in [2.05, 4.69) is 25.5 Å². The van der Waals surface area contributed by atoms with Crippen molar-refractivity contribution in [3.8, 4) is 0 Å². The monoisotopic (exact) mass is 406 g/mol. The lowest BCUT2D eigenvalue weighted by Crippen LogP contribution is -2.35. The second kappa shape index (κ2) is 7.96. The van der Waals surface area contributed by atoms with Crippen molar-refractivity contribution in [2.45, 2.75) is 38.2 Å². The minimum Gasteiger partial charge on any atom is -0.393 e. The van der Waals surface area contributed by atoms with Crippen LogP contribution in [0.25, 0.3) is 5.65 Å². The molecule has 4 rings (SSSR count). The molecule has 0 unspecified atom stereocenters. The van der Waals surface area contributed by atoms with E-state index < -0.39 is 12.0 Å². The molecule has 3 aromatic rings. The molecule has 1 saturated heterocycles. The van der Waals surface area contributed by atoms with Crippen LogP contribution >= 0.6 is 0 Å². The van der Waals surface area contributed by atoms with Gasteiger partial charge < -0.3 is 10.4 Å². The molecule has 10 heteroatoms. The van der Waals surface area contributed by atoms with Crippen molar-refractivity contribution in [3.63, 3.8) is 0 Å². The molecule has 3 heterocycles. The quantitative estimate of drug-likeness (QED) is 0.679. The van der Waals surface area contributed by atoms with E-state index in [4.69, 9.17) is 0 Å². The summed E-state index contributed by atoms with van der Waals surface area (Å²) in [5.74, 6) is -0.845. The molecule has 0 saturated carbocycles. The first-order valence-electron chi connectivity index (χ1n) is 9.41. The predicted octanol–water partition coefficient (Wildman–Crippen LogP) is 2.71. The van der Waals surface area contributed by atoms with E-state index in [-0.39, 0.29) is 11.8 Å². The van der Waals surface area contributed by atoms with Crippen molar-refractivity contribution in [2.24, 2.45) is 0 Å².